The van der Waals surface area contributed by atoms with Crippen molar-refractivity contribution in [2.75, 3.05) is 19.8 Å². The third-order valence-electron chi connectivity index (χ3n) is 4.83. The van der Waals surface area contributed by atoms with Crippen LogP contribution in [0.4, 0.5) is 0 Å². The van der Waals surface area contributed by atoms with Gasteiger partial charge >= 0.3 is 0 Å². The largest absolute Gasteiger partial charge is 0.394 e. The lowest BCUT2D eigenvalue weighted by molar-refractivity contribution is -0.304. The van der Waals surface area contributed by atoms with Gasteiger partial charge in [0.05, 0.1) is 19.8 Å². The van der Waals surface area contributed by atoms with Crippen LogP contribution in [0, 0.1) is 11.3 Å². The maximum Gasteiger partial charge on any atom is 0.186 e. The monoisotopic (exact) mass is 346 g/mol. The summed E-state index contributed by atoms with van der Waals surface area (Å²) in [6.07, 6.45) is -4.98. The molecule has 1 aliphatic carbocycles. The van der Waals surface area contributed by atoms with Gasteiger partial charge < -0.3 is 35.0 Å². The molecule has 0 aromatic carbocycles. The van der Waals surface area contributed by atoms with E-state index in [-0.39, 0.29) is 24.9 Å². The Morgan fingerprint density at radius 1 is 1.21 bits per heavy atom. The molecule has 0 radical (unpaired) electrons. The lowest BCUT2D eigenvalue weighted by Gasteiger charge is -2.42. The normalized spacial score (nSPS) is 39.6. The van der Waals surface area contributed by atoms with Gasteiger partial charge in [-0.3, -0.25) is 4.79 Å². The second kappa shape index (κ2) is 7.57. The molecule has 8 heteroatoms. The Morgan fingerprint density at radius 2 is 1.88 bits per heavy atom. The van der Waals surface area contributed by atoms with E-state index >= 15 is 0 Å². The molecule has 1 fully saturated rings. The molecule has 1 saturated heterocycles. The molecule has 5 N–H and O–H groups in total. The van der Waals surface area contributed by atoms with Crippen LogP contribution in [0.15, 0.2) is 11.6 Å². The minimum Gasteiger partial charge on any atom is -0.394 e. The molecular formula is C16H26O8. The van der Waals surface area contributed by atoms with E-state index in [4.69, 9.17) is 9.47 Å². The van der Waals surface area contributed by atoms with Gasteiger partial charge in [0.25, 0.3) is 0 Å². The fraction of sp³-hybridized carbons (Fsp3) is 0.812. The summed E-state index contributed by atoms with van der Waals surface area (Å²) >= 11 is 0. The molecule has 8 nitrogen and oxygen atoms in total. The van der Waals surface area contributed by atoms with Crippen molar-refractivity contribution in [3.05, 3.63) is 11.6 Å². The van der Waals surface area contributed by atoms with E-state index in [2.05, 4.69) is 0 Å². The van der Waals surface area contributed by atoms with Gasteiger partial charge in [0.15, 0.2) is 12.1 Å². The average Bonchev–Trinajstić information content (AvgIpc) is 2.52. The number of rotatable bonds is 5. The van der Waals surface area contributed by atoms with E-state index in [1.165, 1.54) is 6.08 Å². The first kappa shape index (κ1) is 19.5. The molecule has 0 saturated carbocycles. The van der Waals surface area contributed by atoms with Gasteiger partial charge in [-0.05, 0) is 17.1 Å². The predicted molar refractivity (Wildman–Crippen MR) is 81.8 cm³/mol. The number of ether oxygens (including phenoxy) is 2. The number of hydrogen-bond acceptors (Lipinski definition) is 8. The SMILES string of the molecule is CC1(C)CC(=O)C=C(CO)[C@H]1COC1OC(CO)C(O)C(O)C1O. The molecule has 5 unspecified atom stereocenters. The highest BCUT2D eigenvalue weighted by Crippen LogP contribution is 2.40. The lowest BCUT2D eigenvalue weighted by Crippen LogP contribution is -2.59. The zero-order valence-electron chi connectivity index (χ0n) is 13.8. The molecule has 2 rings (SSSR count). The van der Waals surface area contributed by atoms with Crippen LogP contribution < -0.4 is 0 Å². The van der Waals surface area contributed by atoms with Gasteiger partial charge in [0.2, 0.25) is 0 Å². The summed E-state index contributed by atoms with van der Waals surface area (Å²) in [4.78, 5) is 11.7. The van der Waals surface area contributed by atoms with Crippen molar-refractivity contribution < 1.29 is 39.8 Å². The summed E-state index contributed by atoms with van der Waals surface area (Å²) in [7, 11) is 0. The van der Waals surface area contributed by atoms with Gasteiger partial charge in [-0.25, -0.2) is 0 Å². The van der Waals surface area contributed by atoms with Crippen molar-refractivity contribution in [3.8, 4) is 0 Å². The molecule has 6 atom stereocenters. The van der Waals surface area contributed by atoms with Crippen molar-refractivity contribution in [3.63, 3.8) is 0 Å². The van der Waals surface area contributed by atoms with E-state index in [9.17, 15) is 30.3 Å². The molecule has 0 amide bonds. The molecule has 1 heterocycles. The van der Waals surface area contributed by atoms with Crippen LogP contribution in [0.5, 0.6) is 0 Å². The maximum atomic E-state index is 11.7. The fourth-order valence-corrected chi connectivity index (χ4v) is 3.32. The van der Waals surface area contributed by atoms with E-state index in [1.54, 1.807) is 0 Å². The lowest BCUT2D eigenvalue weighted by atomic mass is 9.68. The minimum absolute atomic E-state index is 0.0510. The minimum atomic E-state index is -1.50. The second-order valence-corrected chi connectivity index (χ2v) is 7.09. The predicted octanol–water partition coefficient (Wildman–Crippen LogP) is -1.66. The molecule has 0 bridgehead atoms. The van der Waals surface area contributed by atoms with Crippen LogP contribution in [0.1, 0.15) is 20.3 Å². The molecule has 24 heavy (non-hydrogen) atoms. The number of hydrogen-bond donors (Lipinski definition) is 5. The standard InChI is InChI=1S/C16H26O8/c1-16(2)4-9(19)3-8(5-17)10(16)7-23-15-14(22)13(21)12(20)11(6-18)24-15/h3,10-15,17-18,20-22H,4-7H2,1-2H3/t10-,11?,12?,13?,14?,15?/m1/s1. The number of aliphatic hydroxyl groups excluding tert-OH is 5. The van der Waals surface area contributed by atoms with Crippen LogP contribution in [-0.2, 0) is 14.3 Å². The first-order chi connectivity index (χ1) is 11.2. The van der Waals surface area contributed by atoms with Crippen LogP contribution in [0.3, 0.4) is 0 Å². The fourth-order valence-electron chi connectivity index (χ4n) is 3.32. The summed E-state index contributed by atoms with van der Waals surface area (Å²) in [6.45, 7) is 3.01. The smallest absolute Gasteiger partial charge is 0.186 e. The third-order valence-corrected chi connectivity index (χ3v) is 4.83. The van der Waals surface area contributed by atoms with Crippen LogP contribution in [0.25, 0.3) is 0 Å². The third kappa shape index (κ3) is 3.85. The van der Waals surface area contributed by atoms with Crippen molar-refractivity contribution in [2.45, 2.75) is 51.0 Å². The number of allylic oxidation sites excluding steroid dienone is 1. The molecule has 138 valence electrons. The number of ketones is 1. The van der Waals surface area contributed by atoms with Crippen LogP contribution in [-0.4, -0.2) is 81.8 Å². The number of carbonyl (C=O) groups is 1. The molecule has 0 aromatic heterocycles. The van der Waals surface area contributed by atoms with Gasteiger partial charge in [0, 0.05) is 12.3 Å². The number of carbonyl (C=O) groups excluding carboxylic acids is 1. The topological polar surface area (TPSA) is 137 Å². The van der Waals surface area contributed by atoms with E-state index < -0.39 is 42.7 Å². The Kier molecular flexibility index (Phi) is 6.14. The van der Waals surface area contributed by atoms with E-state index in [0.717, 1.165) is 0 Å². The summed E-state index contributed by atoms with van der Waals surface area (Å²) in [5, 5.41) is 48.2. The highest BCUT2D eigenvalue weighted by Gasteiger charge is 2.45. The van der Waals surface area contributed by atoms with Crippen molar-refractivity contribution in [2.24, 2.45) is 11.3 Å². The Balaban J connectivity index is 2.08. The summed E-state index contributed by atoms with van der Waals surface area (Å²) in [6, 6.07) is 0. The Hall–Kier alpha value is -0.870. The zero-order valence-corrected chi connectivity index (χ0v) is 13.8. The van der Waals surface area contributed by atoms with Crippen molar-refractivity contribution in [1.29, 1.82) is 0 Å². The highest BCUT2D eigenvalue weighted by atomic mass is 16.7. The maximum absolute atomic E-state index is 11.7. The molecule has 0 aromatic rings. The van der Waals surface area contributed by atoms with Gasteiger partial charge in [0.1, 0.15) is 24.4 Å². The Morgan fingerprint density at radius 3 is 2.46 bits per heavy atom. The average molecular weight is 346 g/mol. The van der Waals surface area contributed by atoms with Crippen molar-refractivity contribution >= 4 is 5.78 Å². The van der Waals surface area contributed by atoms with Gasteiger partial charge in [-0.15, -0.1) is 0 Å². The number of aliphatic hydroxyl groups is 5. The molecule has 2 aliphatic rings. The summed E-state index contributed by atoms with van der Waals surface area (Å²) in [5.74, 6) is -0.333. The Bertz CT molecular complexity index is 486. The van der Waals surface area contributed by atoms with Crippen molar-refractivity contribution in [1.82, 2.24) is 0 Å². The molecule has 1 aliphatic heterocycles. The van der Waals surface area contributed by atoms with Gasteiger partial charge in [-0.2, -0.15) is 0 Å². The quantitative estimate of drug-likeness (QED) is 0.399. The van der Waals surface area contributed by atoms with E-state index in [0.29, 0.717) is 12.0 Å². The van der Waals surface area contributed by atoms with Crippen LogP contribution >= 0.6 is 0 Å². The summed E-state index contributed by atoms with van der Waals surface area (Å²) in [5.41, 5.74) is 0.0960. The van der Waals surface area contributed by atoms with E-state index in [1.807, 2.05) is 13.8 Å². The molecular weight excluding hydrogens is 320 g/mol. The first-order valence-corrected chi connectivity index (χ1v) is 7.97. The highest BCUT2D eigenvalue weighted by molar-refractivity contribution is 5.92. The molecule has 0 spiro atoms. The Labute approximate surface area is 140 Å². The summed E-state index contributed by atoms with van der Waals surface area (Å²) < 4.78 is 10.9. The van der Waals surface area contributed by atoms with Crippen LogP contribution in [0.2, 0.25) is 0 Å². The van der Waals surface area contributed by atoms with Gasteiger partial charge in [-0.1, -0.05) is 13.8 Å². The zero-order chi connectivity index (χ0) is 18.1. The first-order valence-electron chi connectivity index (χ1n) is 7.97. The second-order valence-electron chi connectivity index (χ2n) is 7.09.